The van der Waals surface area contributed by atoms with Crippen molar-refractivity contribution in [3.63, 3.8) is 0 Å². The van der Waals surface area contributed by atoms with Gasteiger partial charge in [0.2, 0.25) is 0 Å². The maximum atomic E-state index is 12.2. The van der Waals surface area contributed by atoms with Crippen molar-refractivity contribution in [3.05, 3.63) is 47.7 Å². The Balaban J connectivity index is 1.69. The van der Waals surface area contributed by atoms with Crippen molar-refractivity contribution in [1.82, 2.24) is 9.88 Å². The van der Waals surface area contributed by atoms with E-state index in [4.69, 9.17) is 14.2 Å². The van der Waals surface area contributed by atoms with Crippen LogP contribution in [0.3, 0.4) is 0 Å². The van der Waals surface area contributed by atoms with Crippen molar-refractivity contribution in [2.45, 2.75) is 32.7 Å². The Hall–Kier alpha value is -3.52. The van der Waals surface area contributed by atoms with Crippen molar-refractivity contribution in [2.75, 3.05) is 39.3 Å². The zero-order valence-electron chi connectivity index (χ0n) is 20.3. The van der Waals surface area contributed by atoms with E-state index in [0.717, 1.165) is 48.0 Å². The largest absolute Gasteiger partial charge is 0.493 e. The number of benzene rings is 2. The van der Waals surface area contributed by atoms with Gasteiger partial charge in [-0.15, -0.1) is 0 Å². The number of ether oxygens (including phenoxy) is 3. The summed E-state index contributed by atoms with van der Waals surface area (Å²) < 4.78 is 17.2. The number of piperidine rings is 1. The van der Waals surface area contributed by atoms with Crippen LogP contribution in [0.1, 0.15) is 24.0 Å². The molecule has 8 heteroatoms. The van der Waals surface area contributed by atoms with Gasteiger partial charge in [0.1, 0.15) is 11.5 Å². The summed E-state index contributed by atoms with van der Waals surface area (Å²) in [6.45, 7) is 5.62. The third-order valence-corrected chi connectivity index (χ3v) is 6.44. The van der Waals surface area contributed by atoms with Crippen LogP contribution in [-0.4, -0.2) is 61.5 Å². The van der Waals surface area contributed by atoms with E-state index in [2.05, 4.69) is 16.9 Å². The molecular formula is C26H31N3O5. The van der Waals surface area contributed by atoms with E-state index in [1.165, 1.54) is 4.90 Å². The van der Waals surface area contributed by atoms with Gasteiger partial charge in [0.05, 0.1) is 25.4 Å². The number of likely N-dealkylation sites (tertiary alicyclic amines) is 1. The first kappa shape index (κ1) is 23.6. The van der Waals surface area contributed by atoms with Crippen LogP contribution in [0.15, 0.2) is 36.5 Å². The number of hydrogen-bond acceptors (Lipinski definition) is 6. The lowest BCUT2D eigenvalue weighted by Crippen LogP contribution is -2.46. The predicted octanol–water partition coefficient (Wildman–Crippen LogP) is 5.24. The highest BCUT2D eigenvalue weighted by Gasteiger charge is 2.29. The number of aryl methyl sites for hydroxylation is 2. The Morgan fingerprint density at radius 2 is 1.68 bits per heavy atom. The maximum absolute atomic E-state index is 12.2. The number of pyridine rings is 1. The molecule has 8 nitrogen and oxygen atoms in total. The van der Waals surface area contributed by atoms with Crippen LogP contribution in [0.4, 0.5) is 10.5 Å². The van der Waals surface area contributed by atoms with Gasteiger partial charge in [-0.25, -0.2) is 4.79 Å². The second kappa shape index (κ2) is 9.77. The Morgan fingerprint density at radius 1 is 1.00 bits per heavy atom. The number of nitrogens with zero attached hydrogens (tertiary/aromatic N) is 3. The first-order chi connectivity index (χ1) is 16.3. The molecule has 0 aliphatic carbocycles. The van der Waals surface area contributed by atoms with Crippen molar-refractivity contribution < 1.29 is 24.1 Å². The Bertz CT molecular complexity index is 1200. The molecule has 4 rings (SSSR count). The van der Waals surface area contributed by atoms with E-state index in [0.29, 0.717) is 28.7 Å². The fourth-order valence-electron chi connectivity index (χ4n) is 4.51. The summed E-state index contributed by atoms with van der Waals surface area (Å²) >= 11 is 0. The van der Waals surface area contributed by atoms with Gasteiger partial charge in [0.25, 0.3) is 0 Å². The van der Waals surface area contributed by atoms with Gasteiger partial charge in [-0.05, 0) is 82.2 Å². The highest BCUT2D eigenvalue weighted by molar-refractivity contribution is 5.89. The van der Waals surface area contributed by atoms with Crippen LogP contribution in [-0.2, 0) is 0 Å². The van der Waals surface area contributed by atoms with E-state index in [9.17, 15) is 9.90 Å². The van der Waals surface area contributed by atoms with E-state index in [-0.39, 0.29) is 6.04 Å². The first-order valence-corrected chi connectivity index (χ1v) is 11.3. The molecule has 180 valence electrons. The van der Waals surface area contributed by atoms with Gasteiger partial charge < -0.3 is 24.2 Å². The molecule has 0 atom stereocenters. The normalized spacial score (nSPS) is 14.7. The number of rotatable bonds is 6. The number of methoxy groups -OCH3 is 2. The summed E-state index contributed by atoms with van der Waals surface area (Å²) in [5.41, 5.74) is 3.13. The number of aromatic nitrogens is 1. The van der Waals surface area contributed by atoms with Crippen molar-refractivity contribution in [2.24, 2.45) is 0 Å². The highest BCUT2D eigenvalue weighted by atomic mass is 16.5. The molecule has 2 aromatic carbocycles. The molecule has 3 aromatic rings. The van der Waals surface area contributed by atoms with Gasteiger partial charge in [-0.1, -0.05) is 0 Å². The molecule has 0 bridgehead atoms. The lowest BCUT2D eigenvalue weighted by molar-refractivity contribution is 0.189. The van der Waals surface area contributed by atoms with Crippen molar-refractivity contribution in [3.8, 4) is 23.0 Å². The summed E-state index contributed by atoms with van der Waals surface area (Å²) in [7, 11) is 5.24. The summed E-state index contributed by atoms with van der Waals surface area (Å²) in [4.78, 5) is 20.4. The van der Waals surface area contributed by atoms with E-state index < -0.39 is 6.09 Å². The van der Waals surface area contributed by atoms with E-state index in [1.54, 1.807) is 26.5 Å². The van der Waals surface area contributed by atoms with Crippen LogP contribution >= 0.6 is 0 Å². The molecule has 1 aliphatic heterocycles. The van der Waals surface area contributed by atoms with Crippen molar-refractivity contribution >= 4 is 22.7 Å². The third kappa shape index (κ3) is 4.59. The Labute approximate surface area is 199 Å². The molecule has 0 spiro atoms. The number of amides is 1. The average Bonchev–Trinajstić information content (AvgIpc) is 2.82. The molecule has 2 heterocycles. The lowest BCUT2D eigenvalue weighted by atomic mass is 10.0. The quantitative estimate of drug-likeness (QED) is 0.533. The molecule has 34 heavy (non-hydrogen) atoms. The molecule has 0 saturated carbocycles. The Morgan fingerprint density at radius 3 is 2.32 bits per heavy atom. The maximum Gasteiger partial charge on any atom is 0.412 e. The van der Waals surface area contributed by atoms with E-state index in [1.807, 2.05) is 38.1 Å². The monoisotopic (exact) mass is 465 g/mol. The highest BCUT2D eigenvalue weighted by Crippen LogP contribution is 2.39. The predicted molar refractivity (Wildman–Crippen MR) is 132 cm³/mol. The third-order valence-electron chi connectivity index (χ3n) is 6.44. The fourth-order valence-corrected chi connectivity index (χ4v) is 4.51. The minimum absolute atomic E-state index is 0.0369. The SMILES string of the molecule is COc1cc2nccc(Oc3cc(C)c(N(C(=O)O)C4CCN(C)CC4)cc3C)c2cc1OC. The number of hydrogen-bond donors (Lipinski definition) is 1. The number of carboxylic acid groups (broad SMARTS) is 1. The second-order valence-corrected chi connectivity index (χ2v) is 8.73. The Kier molecular flexibility index (Phi) is 6.79. The molecule has 1 fully saturated rings. The molecule has 0 radical (unpaired) electrons. The smallest absolute Gasteiger partial charge is 0.412 e. The van der Waals surface area contributed by atoms with Crippen LogP contribution in [0.25, 0.3) is 10.9 Å². The molecular weight excluding hydrogens is 434 g/mol. The molecule has 1 N–H and O–H groups in total. The number of anilines is 1. The second-order valence-electron chi connectivity index (χ2n) is 8.73. The first-order valence-electron chi connectivity index (χ1n) is 11.3. The van der Waals surface area contributed by atoms with Crippen LogP contribution in [0.2, 0.25) is 0 Å². The zero-order chi connectivity index (χ0) is 24.4. The lowest BCUT2D eigenvalue weighted by Gasteiger charge is -2.36. The fraction of sp³-hybridized carbons (Fsp3) is 0.385. The molecule has 1 amide bonds. The molecule has 1 saturated heterocycles. The minimum atomic E-state index is -0.924. The van der Waals surface area contributed by atoms with Crippen molar-refractivity contribution in [1.29, 1.82) is 0 Å². The van der Waals surface area contributed by atoms with E-state index >= 15 is 0 Å². The van der Waals surface area contributed by atoms with Crippen LogP contribution < -0.4 is 19.1 Å². The average molecular weight is 466 g/mol. The zero-order valence-corrected chi connectivity index (χ0v) is 20.3. The topological polar surface area (TPSA) is 84.4 Å². The molecule has 0 unspecified atom stereocenters. The van der Waals surface area contributed by atoms with Crippen LogP contribution in [0, 0.1) is 13.8 Å². The number of carbonyl (C=O) groups is 1. The summed E-state index contributed by atoms with van der Waals surface area (Å²) in [5, 5.41) is 10.8. The molecule has 1 aliphatic rings. The number of fused-ring (bicyclic) bond motifs is 1. The minimum Gasteiger partial charge on any atom is -0.493 e. The summed E-state index contributed by atoms with van der Waals surface area (Å²) in [6, 6.07) is 9.24. The standard InChI is InChI=1S/C26H31N3O5/c1-16-13-23(17(2)12-21(16)29(26(30)31)18-7-10-28(3)11-8-18)34-22-6-9-27-20-15-25(33-5)24(32-4)14-19(20)22/h6,9,12-15,18H,7-8,10-11H2,1-5H3,(H,30,31). The summed E-state index contributed by atoms with van der Waals surface area (Å²) in [6.07, 6.45) is 2.39. The van der Waals surface area contributed by atoms with Gasteiger partial charge in [0, 0.05) is 23.7 Å². The van der Waals surface area contributed by atoms with Gasteiger partial charge >= 0.3 is 6.09 Å². The van der Waals surface area contributed by atoms with Crippen LogP contribution in [0.5, 0.6) is 23.0 Å². The van der Waals surface area contributed by atoms with Gasteiger partial charge in [-0.2, -0.15) is 0 Å². The van der Waals surface area contributed by atoms with Gasteiger partial charge in [-0.3, -0.25) is 9.88 Å². The summed E-state index contributed by atoms with van der Waals surface area (Å²) in [5.74, 6) is 2.48. The van der Waals surface area contributed by atoms with Gasteiger partial charge in [0.15, 0.2) is 11.5 Å². The molecule has 1 aromatic heterocycles.